The second-order valence-corrected chi connectivity index (χ2v) is 6.97. The Bertz CT molecular complexity index is 747. The normalized spacial score (nSPS) is 18.7. The molecule has 0 amide bonds. The quantitative estimate of drug-likeness (QED) is 0.747. The molecule has 1 fully saturated rings. The van der Waals surface area contributed by atoms with E-state index in [4.69, 9.17) is 18.9 Å². The summed E-state index contributed by atoms with van der Waals surface area (Å²) in [5, 5.41) is 0. The molecule has 4 rings (SSSR count). The smallest absolute Gasteiger partial charge is 0.165 e. The van der Waals surface area contributed by atoms with Gasteiger partial charge in [-0.2, -0.15) is 0 Å². The number of methoxy groups -OCH3 is 1. The highest BCUT2D eigenvalue weighted by molar-refractivity contribution is 5.51. The van der Waals surface area contributed by atoms with Crippen molar-refractivity contribution in [3.63, 3.8) is 0 Å². The van der Waals surface area contributed by atoms with Crippen molar-refractivity contribution in [1.29, 1.82) is 0 Å². The first kappa shape index (κ1) is 18.1. The molecule has 144 valence electrons. The van der Waals surface area contributed by atoms with Gasteiger partial charge in [0.2, 0.25) is 0 Å². The van der Waals surface area contributed by atoms with Crippen molar-refractivity contribution in [2.24, 2.45) is 0 Å². The molecule has 2 aliphatic heterocycles. The molecular weight excluding hydrogens is 344 g/mol. The number of aromatic nitrogens is 1. The van der Waals surface area contributed by atoms with Crippen LogP contribution in [0.2, 0.25) is 0 Å². The summed E-state index contributed by atoms with van der Waals surface area (Å²) in [5.41, 5.74) is 2.33. The summed E-state index contributed by atoms with van der Waals surface area (Å²) in [7, 11) is 1.70. The van der Waals surface area contributed by atoms with Gasteiger partial charge >= 0.3 is 0 Å². The number of nitrogens with zero attached hydrogens (tertiary/aromatic N) is 2. The fourth-order valence-electron chi connectivity index (χ4n) is 3.67. The minimum atomic E-state index is 0.287. The number of fused-ring (bicyclic) bond motifs is 1. The van der Waals surface area contributed by atoms with Crippen molar-refractivity contribution < 1.29 is 18.9 Å². The molecule has 3 heterocycles. The molecule has 0 bridgehead atoms. The zero-order valence-electron chi connectivity index (χ0n) is 15.7. The van der Waals surface area contributed by atoms with Crippen LogP contribution in [0.4, 0.5) is 0 Å². The number of hydrogen-bond donors (Lipinski definition) is 0. The molecule has 1 atom stereocenters. The molecule has 1 aromatic heterocycles. The Labute approximate surface area is 160 Å². The molecule has 1 unspecified atom stereocenters. The predicted molar refractivity (Wildman–Crippen MR) is 101 cm³/mol. The Morgan fingerprint density at radius 1 is 1.07 bits per heavy atom. The minimum absolute atomic E-state index is 0.287. The zero-order chi connectivity index (χ0) is 18.5. The SMILES string of the molecule is COc1cc2c(cc1CN(Cc1ccncc1)CC1CCCO1)OCCO2. The number of benzene rings is 1. The van der Waals surface area contributed by atoms with Gasteiger partial charge in [0.1, 0.15) is 19.0 Å². The van der Waals surface area contributed by atoms with Crippen LogP contribution in [0.3, 0.4) is 0 Å². The fraction of sp³-hybridized carbons (Fsp3) is 0.476. The lowest BCUT2D eigenvalue weighted by atomic mass is 10.1. The first-order chi connectivity index (χ1) is 13.3. The molecule has 27 heavy (non-hydrogen) atoms. The highest BCUT2D eigenvalue weighted by Crippen LogP contribution is 2.37. The lowest BCUT2D eigenvalue weighted by Gasteiger charge is -2.27. The number of ether oxygens (including phenoxy) is 4. The zero-order valence-corrected chi connectivity index (χ0v) is 15.7. The second kappa shape index (κ2) is 8.59. The summed E-state index contributed by atoms with van der Waals surface area (Å²) in [5.74, 6) is 2.37. The van der Waals surface area contributed by atoms with Crippen LogP contribution in [-0.2, 0) is 17.8 Å². The van der Waals surface area contributed by atoms with Gasteiger partial charge in [-0.1, -0.05) is 0 Å². The average molecular weight is 370 g/mol. The Kier molecular flexibility index (Phi) is 5.75. The van der Waals surface area contributed by atoms with E-state index in [1.165, 1.54) is 5.56 Å². The summed E-state index contributed by atoms with van der Waals surface area (Å²) in [6.07, 6.45) is 6.22. The van der Waals surface area contributed by atoms with Gasteiger partial charge in [0.15, 0.2) is 11.5 Å². The molecule has 0 aliphatic carbocycles. The highest BCUT2D eigenvalue weighted by atomic mass is 16.6. The van der Waals surface area contributed by atoms with Gasteiger partial charge in [-0.3, -0.25) is 9.88 Å². The van der Waals surface area contributed by atoms with Gasteiger partial charge in [0, 0.05) is 50.3 Å². The molecule has 6 heteroatoms. The Morgan fingerprint density at radius 2 is 1.85 bits per heavy atom. The van der Waals surface area contributed by atoms with Crippen molar-refractivity contribution in [3.8, 4) is 17.2 Å². The molecular formula is C21H26N2O4. The summed E-state index contributed by atoms with van der Waals surface area (Å²) < 4.78 is 23.0. The number of pyridine rings is 1. The fourth-order valence-corrected chi connectivity index (χ4v) is 3.67. The van der Waals surface area contributed by atoms with E-state index in [-0.39, 0.29) is 6.10 Å². The van der Waals surface area contributed by atoms with Crippen molar-refractivity contribution in [2.45, 2.75) is 32.0 Å². The average Bonchev–Trinajstić information content (AvgIpc) is 3.21. The van der Waals surface area contributed by atoms with Gasteiger partial charge in [0.25, 0.3) is 0 Å². The Morgan fingerprint density at radius 3 is 2.56 bits per heavy atom. The lowest BCUT2D eigenvalue weighted by molar-refractivity contribution is 0.0675. The van der Waals surface area contributed by atoms with Crippen molar-refractivity contribution >= 4 is 0 Å². The number of hydrogen-bond acceptors (Lipinski definition) is 6. The standard InChI is InChI=1S/C21H26N2O4/c1-24-19-12-21-20(26-9-10-27-21)11-17(19)14-23(15-18-3-2-8-25-18)13-16-4-6-22-7-5-16/h4-7,11-12,18H,2-3,8-10,13-15H2,1H3. The third kappa shape index (κ3) is 4.51. The maximum Gasteiger partial charge on any atom is 0.165 e. The van der Waals surface area contributed by atoms with E-state index in [9.17, 15) is 0 Å². The van der Waals surface area contributed by atoms with Crippen molar-refractivity contribution in [3.05, 3.63) is 47.8 Å². The van der Waals surface area contributed by atoms with E-state index >= 15 is 0 Å². The van der Waals surface area contributed by atoms with E-state index in [1.54, 1.807) is 7.11 Å². The van der Waals surface area contributed by atoms with E-state index in [0.717, 1.165) is 61.9 Å². The van der Waals surface area contributed by atoms with Crippen molar-refractivity contribution in [2.75, 3.05) is 33.5 Å². The Hall–Kier alpha value is -2.31. The molecule has 0 radical (unpaired) electrons. The summed E-state index contributed by atoms with van der Waals surface area (Å²) >= 11 is 0. The molecule has 2 aliphatic rings. The number of rotatable bonds is 7. The van der Waals surface area contributed by atoms with E-state index < -0.39 is 0 Å². The van der Waals surface area contributed by atoms with Crippen LogP contribution in [0.25, 0.3) is 0 Å². The first-order valence-corrected chi connectivity index (χ1v) is 9.51. The molecule has 6 nitrogen and oxygen atoms in total. The summed E-state index contributed by atoms with van der Waals surface area (Å²) in [6.45, 7) is 4.49. The topological polar surface area (TPSA) is 53.1 Å². The molecule has 2 aromatic rings. The second-order valence-electron chi connectivity index (χ2n) is 6.97. The maximum atomic E-state index is 5.88. The van der Waals surface area contributed by atoms with Crippen LogP contribution in [0.1, 0.15) is 24.0 Å². The van der Waals surface area contributed by atoms with Gasteiger partial charge < -0.3 is 18.9 Å². The molecule has 0 spiro atoms. The third-order valence-corrected chi connectivity index (χ3v) is 4.98. The molecule has 0 N–H and O–H groups in total. The highest BCUT2D eigenvalue weighted by Gasteiger charge is 2.22. The largest absolute Gasteiger partial charge is 0.496 e. The maximum absolute atomic E-state index is 5.88. The van der Waals surface area contributed by atoms with E-state index in [1.807, 2.05) is 24.5 Å². The van der Waals surface area contributed by atoms with Crippen LogP contribution in [0, 0.1) is 0 Å². The van der Waals surface area contributed by atoms with Gasteiger partial charge in [-0.05, 0) is 36.6 Å². The lowest BCUT2D eigenvalue weighted by Crippen LogP contribution is -2.31. The van der Waals surface area contributed by atoms with Crippen LogP contribution in [-0.4, -0.2) is 49.5 Å². The molecule has 1 saturated heterocycles. The minimum Gasteiger partial charge on any atom is -0.496 e. The van der Waals surface area contributed by atoms with Crippen molar-refractivity contribution in [1.82, 2.24) is 9.88 Å². The van der Waals surface area contributed by atoms with Crippen LogP contribution >= 0.6 is 0 Å². The first-order valence-electron chi connectivity index (χ1n) is 9.51. The Balaban J connectivity index is 1.56. The van der Waals surface area contributed by atoms with Crippen LogP contribution < -0.4 is 14.2 Å². The van der Waals surface area contributed by atoms with E-state index in [0.29, 0.717) is 13.2 Å². The third-order valence-electron chi connectivity index (χ3n) is 4.98. The monoisotopic (exact) mass is 370 g/mol. The summed E-state index contributed by atoms with van der Waals surface area (Å²) in [4.78, 5) is 6.52. The van der Waals surface area contributed by atoms with Gasteiger partial charge in [0.05, 0.1) is 13.2 Å². The van der Waals surface area contributed by atoms with Gasteiger partial charge in [-0.25, -0.2) is 0 Å². The molecule has 1 aromatic carbocycles. The van der Waals surface area contributed by atoms with Crippen LogP contribution in [0.15, 0.2) is 36.7 Å². The van der Waals surface area contributed by atoms with Crippen LogP contribution in [0.5, 0.6) is 17.2 Å². The van der Waals surface area contributed by atoms with Gasteiger partial charge in [-0.15, -0.1) is 0 Å². The van der Waals surface area contributed by atoms with E-state index in [2.05, 4.69) is 22.0 Å². The molecule has 0 saturated carbocycles. The summed E-state index contributed by atoms with van der Waals surface area (Å²) in [6, 6.07) is 8.09. The predicted octanol–water partition coefficient (Wildman–Crippen LogP) is 3.04.